The fraction of sp³-hybridized carbons (Fsp3) is 0.233. The first-order valence-corrected chi connectivity index (χ1v) is 12.5. The molecule has 0 fully saturated rings. The van der Waals surface area contributed by atoms with Crippen molar-refractivity contribution in [1.82, 2.24) is 9.88 Å². The molecule has 1 aliphatic heterocycles. The third-order valence-corrected chi connectivity index (χ3v) is 6.69. The lowest BCUT2D eigenvalue weighted by atomic mass is 10.1. The number of hydrogen-bond donors (Lipinski definition) is 1. The van der Waals surface area contributed by atoms with Crippen molar-refractivity contribution in [3.05, 3.63) is 89.4 Å². The molecule has 0 saturated heterocycles. The van der Waals surface area contributed by atoms with Gasteiger partial charge in [-0.15, -0.1) is 0 Å². The Hall–Kier alpha value is -4.46. The van der Waals surface area contributed by atoms with E-state index in [4.69, 9.17) is 9.47 Å². The normalized spacial score (nSPS) is 13.5. The summed E-state index contributed by atoms with van der Waals surface area (Å²) in [7, 11) is 1.57. The van der Waals surface area contributed by atoms with Gasteiger partial charge in [0.15, 0.2) is 11.5 Å². The molecule has 7 nitrogen and oxygen atoms in total. The average Bonchev–Trinajstić information content (AvgIpc) is 3.16. The van der Waals surface area contributed by atoms with Gasteiger partial charge in [-0.2, -0.15) is 0 Å². The number of methoxy groups -OCH3 is 1. The number of hydrogen-bond acceptors (Lipinski definition) is 6. The molecule has 194 valence electrons. The molecular weight excluding hydrogens is 485 g/mol. The summed E-state index contributed by atoms with van der Waals surface area (Å²) in [5, 5.41) is 4.30. The van der Waals surface area contributed by atoms with Gasteiger partial charge in [0.2, 0.25) is 0 Å². The third kappa shape index (κ3) is 4.77. The highest BCUT2D eigenvalue weighted by molar-refractivity contribution is 6.21. The summed E-state index contributed by atoms with van der Waals surface area (Å²) in [5.74, 6) is 0.680. The quantitative estimate of drug-likeness (QED) is 0.262. The lowest BCUT2D eigenvalue weighted by molar-refractivity contribution is 0.0651. The molecule has 0 radical (unpaired) electrons. The lowest BCUT2D eigenvalue weighted by Gasteiger charge is -2.21. The van der Waals surface area contributed by atoms with E-state index in [1.807, 2.05) is 26.0 Å². The van der Waals surface area contributed by atoms with Crippen LogP contribution in [0.4, 0.5) is 10.1 Å². The number of carbonyl (C=O) groups excluding carboxylic acids is 2. The van der Waals surface area contributed by atoms with Crippen LogP contribution >= 0.6 is 0 Å². The molecule has 4 aromatic rings. The van der Waals surface area contributed by atoms with Crippen molar-refractivity contribution >= 4 is 28.4 Å². The summed E-state index contributed by atoms with van der Waals surface area (Å²) >= 11 is 0. The first-order chi connectivity index (χ1) is 18.4. The summed E-state index contributed by atoms with van der Waals surface area (Å²) in [5.41, 5.74) is 3.38. The molecule has 1 aromatic heterocycles. The van der Waals surface area contributed by atoms with Gasteiger partial charge in [-0.25, -0.2) is 4.39 Å². The number of ether oxygens (including phenoxy) is 2. The predicted molar refractivity (Wildman–Crippen MR) is 144 cm³/mol. The molecule has 8 heteroatoms. The number of imide groups is 1. The second-order valence-corrected chi connectivity index (χ2v) is 9.36. The summed E-state index contributed by atoms with van der Waals surface area (Å²) in [6.07, 6.45) is 3.10. The molecule has 1 unspecified atom stereocenters. The molecule has 1 N–H and O–H groups in total. The van der Waals surface area contributed by atoms with Crippen LogP contribution in [0.1, 0.15) is 46.0 Å². The maximum atomic E-state index is 13.4. The van der Waals surface area contributed by atoms with Crippen LogP contribution in [-0.4, -0.2) is 41.4 Å². The van der Waals surface area contributed by atoms with Crippen LogP contribution in [0.3, 0.4) is 0 Å². The summed E-state index contributed by atoms with van der Waals surface area (Å²) in [6.45, 7) is 4.36. The predicted octanol–water partition coefficient (Wildman–Crippen LogP) is 6.36. The minimum Gasteiger partial charge on any atom is -0.493 e. The number of benzene rings is 3. The van der Waals surface area contributed by atoms with E-state index in [-0.39, 0.29) is 23.7 Å². The Kier molecular flexibility index (Phi) is 6.96. The first kappa shape index (κ1) is 25.2. The number of amides is 2. The minimum absolute atomic E-state index is 0.0178. The van der Waals surface area contributed by atoms with Gasteiger partial charge in [-0.1, -0.05) is 12.1 Å². The van der Waals surface area contributed by atoms with Gasteiger partial charge in [-0.05, 0) is 74.7 Å². The van der Waals surface area contributed by atoms with E-state index in [0.29, 0.717) is 41.3 Å². The maximum absolute atomic E-state index is 13.4. The number of nitrogens with zero attached hydrogens (tertiary/aromatic N) is 2. The molecule has 2 heterocycles. The number of halogens is 1. The number of fused-ring (bicyclic) bond motifs is 2. The molecule has 0 aliphatic carbocycles. The van der Waals surface area contributed by atoms with Crippen molar-refractivity contribution in [3.8, 4) is 17.2 Å². The highest BCUT2D eigenvalue weighted by atomic mass is 19.1. The Labute approximate surface area is 220 Å². The highest BCUT2D eigenvalue weighted by Gasteiger charge is 2.34. The van der Waals surface area contributed by atoms with E-state index in [1.54, 1.807) is 49.7 Å². The number of aromatic nitrogens is 1. The van der Waals surface area contributed by atoms with E-state index in [9.17, 15) is 14.0 Å². The van der Waals surface area contributed by atoms with Crippen molar-refractivity contribution in [3.63, 3.8) is 0 Å². The molecule has 2 amide bonds. The number of carbonyl (C=O) groups is 2. The third-order valence-electron chi connectivity index (χ3n) is 6.69. The van der Waals surface area contributed by atoms with Crippen LogP contribution < -0.4 is 14.8 Å². The fourth-order valence-corrected chi connectivity index (χ4v) is 4.76. The van der Waals surface area contributed by atoms with E-state index in [2.05, 4.69) is 10.3 Å². The Balaban J connectivity index is 1.33. The van der Waals surface area contributed by atoms with E-state index in [1.165, 1.54) is 17.0 Å². The number of rotatable bonds is 9. The van der Waals surface area contributed by atoms with Crippen LogP contribution in [0.15, 0.2) is 66.9 Å². The SMILES string of the molecule is COc1cc(NC(C)CCCN2C(=O)c3ccccc3C2=O)c2nccc(C)c2c1Oc1ccc(F)cc1. The Bertz CT molecular complexity index is 1490. The molecule has 0 spiro atoms. The Morgan fingerprint density at radius 3 is 2.37 bits per heavy atom. The monoisotopic (exact) mass is 513 g/mol. The van der Waals surface area contributed by atoms with Gasteiger partial charge in [0, 0.05) is 24.8 Å². The molecule has 1 aliphatic rings. The van der Waals surface area contributed by atoms with Crippen molar-refractivity contribution in [2.75, 3.05) is 19.0 Å². The summed E-state index contributed by atoms with van der Waals surface area (Å²) in [6, 6.07) is 16.5. The molecular formula is C30H28FN3O4. The molecule has 0 saturated carbocycles. The second-order valence-electron chi connectivity index (χ2n) is 9.36. The summed E-state index contributed by atoms with van der Waals surface area (Å²) < 4.78 is 25.2. The lowest BCUT2D eigenvalue weighted by Crippen LogP contribution is -2.31. The van der Waals surface area contributed by atoms with Crippen LogP contribution in [0.5, 0.6) is 17.2 Å². The van der Waals surface area contributed by atoms with Crippen LogP contribution in [-0.2, 0) is 0 Å². The van der Waals surface area contributed by atoms with Crippen LogP contribution in [0.25, 0.3) is 10.9 Å². The largest absolute Gasteiger partial charge is 0.493 e. The number of pyridine rings is 1. The van der Waals surface area contributed by atoms with Crippen molar-refractivity contribution in [2.24, 2.45) is 0 Å². The zero-order valence-corrected chi connectivity index (χ0v) is 21.5. The van der Waals surface area contributed by atoms with Gasteiger partial charge >= 0.3 is 0 Å². The average molecular weight is 514 g/mol. The van der Waals surface area contributed by atoms with Crippen molar-refractivity contribution in [2.45, 2.75) is 32.7 Å². The zero-order valence-electron chi connectivity index (χ0n) is 21.5. The number of aryl methyl sites for hydroxylation is 1. The molecule has 3 aromatic carbocycles. The van der Waals surface area contributed by atoms with E-state index < -0.39 is 0 Å². The number of anilines is 1. The van der Waals surface area contributed by atoms with Gasteiger partial charge in [0.05, 0.1) is 34.8 Å². The first-order valence-electron chi connectivity index (χ1n) is 12.5. The van der Waals surface area contributed by atoms with Crippen molar-refractivity contribution in [1.29, 1.82) is 0 Å². The maximum Gasteiger partial charge on any atom is 0.261 e. The fourth-order valence-electron chi connectivity index (χ4n) is 4.76. The zero-order chi connectivity index (χ0) is 26.8. The highest BCUT2D eigenvalue weighted by Crippen LogP contribution is 2.43. The van der Waals surface area contributed by atoms with Crippen LogP contribution in [0, 0.1) is 12.7 Å². The van der Waals surface area contributed by atoms with Gasteiger partial charge in [0.1, 0.15) is 11.6 Å². The Morgan fingerprint density at radius 2 is 1.71 bits per heavy atom. The van der Waals surface area contributed by atoms with Gasteiger partial charge in [-0.3, -0.25) is 19.5 Å². The summed E-state index contributed by atoms with van der Waals surface area (Å²) in [4.78, 5) is 31.2. The standard InChI is InChI=1S/C30H28FN3O4/c1-18-14-15-32-27-24(17-25(37-3)28(26(18)27)38-21-12-10-20(31)11-13-21)33-19(2)7-6-16-34-29(35)22-8-4-5-9-23(22)30(34)36/h4-5,8-15,17,19,33H,6-7,16H2,1-3H3. The van der Waals surface area contributed by atoms with E-state index in [0.717, 1.165) is 28.6 Å². The molecule has 1 atom stereocenters. The smallest absolute Gasteiger partial charge is 0.261 e. The van der Waals surface area contributed by atoms with Crippen LogP contribution in [0.2, 0.25) is 0 Å². The van der Waals surface area contributed by atoms with Gasteiger partial charge < -0.3 is 14.8 Å². The number of nitrogens with one attached hydrogen (secondary N) is 1. The van der Waals surface area contributed by atoms with Crippen molar-refractivity contribution < 1.29 is 23.5 Å². The molecule has 38 heavy (non-hydrogen) atoms. The second kappa shape index (κ2) is 10.5. The molecule has 0 bridgehead atoms. The minimum atomic E-state index is -0.344. The molecule has 5 rings (SSSR count). The Morgan fingerprint density at radius 1 is 1.03 bits per heavy atom. The topological polar surface area (TPSA) is 80.8 Å². The van der Waals surface area contributed by atoms with E-state index >= 15 is 0 Å². The van der Waals surface area contributed by atoms with Gasteiger partial charge in [0.25, 0.3) is 11.8 Å².